The molecule has 0 spiro atoms. The maximum absolute atomic E-state index is 13.7. The first-order valence-electron chi connectivity index (χ1n) is 11.5. The van der Waals surface area contributed by atoms with Crippen LogP contribution >= 0.6 is 0 Å². The molecular weight excluding hydrogens is 416 g/mol. The second-order valence-electron chi connectivity index (χ2n) is 9.01. The molecule has 3 aromatic rings. The predicted octanol–water partition coefficient (Wildman–Crippen LogP) is 3.64. The summed E-state index contributed by atoms with van der Waals surface area (Å²) in [7, 11) is 1.61. The number of methoxy groups -OCH3 is 1. The number of aromatic nitrogens is 2. The van der Waals surface area contributed by atoms with Crippen LogP contribution in [0, 0.1) is 5.92 Å². The van der Waals surface area contributed by atoms with Gasteiger partial charge < -0.3 is 9.64 Å². The number of piperazine rings is 1. The SMILES string of the molecule is COc1ccccc1-n1c(C(C)N2CCN(C(=O)C(C)C)C(C)C2)nc2ccccc2c1=O. The number of nitrogens with zero attached hydrogens (tertiary/aromatic N) is 4. The minimum absolute atomic E-state index is 0.0192. The number of carbonyl (C=O) groups excluding carboxylic acids is 1. The van der Waals surface area contributed by atoms with Crippen LogP contribution in [-0.4, -0.2) is 58.0 Å². The van der Waals surface area contributed by atoms with E-state index in [-0.39, 0.29) is 29.5 Å². The summed E-state index contributed by atoms with van der Waals surface area (Å²) in [5, 5.41) is 0.570. The van der Waals surface area contributed by atoms with Crippen molar-refractivity contribution in [2.45, 2.75) is 39.8 Å². The van der Waals surface area contributed by atoms with Gasteiger partial charge >= 0.3 is 0 Å². The van der Waals surface area contributed by atoms with Crippen LogP contribution in [0.3, 0.4) is 0 Å². The fourth-order valence-corrected chi connectivity index (χ4v) is 4.64. The van der Waals surface area contributed by atoms with E-state index in [1.807, 2.05) is 67.3 Å². The van der Waals surface area contributed by atoms with E-state index in [0.29, 0.717) is 41.3 Å². The van der Waals surface area contributed by atoms with Crippen molar-refractivity contribution >= 4 is 16.8 Å². The molecule has 4 rings (SSSR count). The van der Waals surface area contributed by atoms with E-state index >= 15 is 0 Å². The van der Waals surface area contributed by atoms with Gasteiger partial charge in [0.2, 0.25) is 5.91 Å². The average molecular weight is 449 g/mol. The fraction of sp³-hybridized carbons (Fsp3) is 0.423. The average Bonchev–Trinajstić information content (AvgIpc) is 2.83. The van der Waals surface area contributed by atoms with Gasteiger partial charge in [0.15, 0.2) is 0 Å². The summed E-state index contributed by atoms with van der Waals surface area (Å²) in [4.78, 5) is 35.5. The Balaban J connectivity index is 1.79. The molecule has 0 saturated carbocycles. The fourth-order valence-electron chi connectivity index (χ4n) is 4.64. The summed E-state index contributed by atoms with van der Waals surface area (Å²) in [5.74, 6) is 1.45. The highest BCUT2D eigenvalue weighted by atomic mass is 16.5. The Labute approximate surface area is 194 Å². The van der Waals surface area contributed by atoms with Crippen LogP contribution in [0.25, 0.3) is 16.6 Å². The number of ether oxygens (including phenoxy) is 1. The topological polar surface area (TPSA) is 67.7 Å². The first-order chi connectivity index (χ1) is 15.8. The van der Waals surface area contributed by atoms with Crippen molar-refractivity contribution < 1.29 is 9.53 Å². The molecule has 2 aromatic carbocycles. The van der Waals surface area contributed by atoms with Gasteiger partial charge in [0, 0.05) is 31.6 Å². The van der Waals surface area contributed by atoms with Gasteiger partial charge in [-0.25, -0.2) is 4.98 Å². The molecule has 1 fully saturated rings. The predicted molar refractivity (Wildman–Crippen MR) is 130 cm³/mol. The molecule has 2 heterocycles. The largest absolute Gasteiger partial charge is 0.495 e. The van der Waals surface area contributed by atoms with E-state index in [9.17, 15) is 9.59 Å². The lowest BCUT2D eigenvalue weighted by Crippen LogP contribution is -2.55. The van der Waals surface area contributed by atoms with Crippen molar-refractivity contribution in [3.8, 4) is 11.4 Å². The summed E-state index contributed by atoms with van der Waals surface area (Å²) in [6.45, 7) is 10.1. The summed E-state index contributed by atoms with van der Waals surface area (Å²) >= 11 is 0. The summed E-state index contributed by atoms with van der Waals surface area (Å²) in [6, 6.07) is 14.9. The molecule has 33 heavy (non-hydrogen) atoms. The lowest BCUT2D eigenvalue weighted by molar-refractivity contribution is -0.139. The second-order valence-corrected chi connectivity index (χ2v) is 9.01. The van der Waals surface area contributed by atoms with E-state index in [1.165, 1.54) is 0 Å². The molecule has 1 saturated heterocycles. The van der Waals surface area contributed by atoms with Crippen LogP contribution in [-0.2, 0) is 4.79 Å². The Morgan fingerprint density at radius 2 is 1.76 bits per heavy atom. The number of amides is 1. The van der Waals surface area contributed by atoms with Crippen LogP contribution in [0.4, 0.5) is 0 Å². The highest BCUT2D eigenvalue weighted by molar-refractivity contribution is 5.79. The highest BCUT2D eigenvalue weighted by Crippen LogP contribution is 2.29. The van der Waals surface area contributed by atoms with Gasteiger partial charge in [0.25, 0.3) is 5.56 Å². The molecule has 7 heteroatoms. The Morgan fingerprint density at radius 1 is 1.06 bits per heavy atom. The first-order valence-corrected chi connectivity index (χ1v) is 11.5. The quantitative estimate of drug-likeness (QED) is 0.596. The van der Waals surface area contributed by atoms with E-state index in [4.69, 9.17) is 9.72 Å². The zero-order valence-corrected chi connectivity index (χ0v) is 20.0. The Morgan fingerprint density at radius 3 is 2.45 bits per heavy atom. The number of fused-ring (bicyclic) bond motifs is 1. The number of hydrogen-bond donors (Lipinski definition) is 0. The molecule has 1 aromatic heterocycles. The van der Waals surface area contributed by atoms with Crippen LogP contribution in [0.15, 0.2) is 53.3 Å². The zero-order chi connectivity index (χ0) is 23.7. The van der Waals surface area contributed by atoms with Crippen LogP contribution in [0.2, 0.25) is 0 Å². The van der Waals surface area contributed by atoms with Crippen molar-refractivity contribution in [1.82, 2.24) is 19.4 Å². The van der Waals surface area contributed by atoms with E-state index in [1.54, 1.807) is 11.7 Å². The molecule has 0 radical (unpaired) electrons. The van der Waals surface area contributed by atoms with Gasteiger partial charge in [-0.15, -0.1) is 0 Å². The van der Waals surface area contributed by atoms with Gasteiger partial charge in [-0.05, 0) is 38.1 Å². The number of para-hydroxylation sites is 3. The molecule has 2 unspecified atom stereocenters. The van der Waals surface area contributed by atoms with Crippen LogP contribution in [0.1, 0.15) is 39.6 Å². The lowest BCUT2D eigenvalue weighted by Gasteiger charge is -2.43. The molecular formula is C26H32N4O3. The van der Waals surface area contributed by atoms with E-state index < -0.39 is 0 Å². The molecule has 1 aliphatic heterocycles. The number of carbonyl (C=O) groups is 1. The van der Waals surface area contributed by atoms with E-state index in [0.717, 1.165) is 6.54 Å². The molecule has 1 aliphatic rings. The zero-order valence-electron chi connectivity index (χ0n) is 20.0. The number of rotatable bonds is 5. The minimum Gasteiger partial charge on any atom is -0.495 e. The molecule has 2 atom stereocenters. The third-order valence-corrected chi connectivity index (χ3v) is 6.49. The van der Waals surface area contributed by atoms with Crippen molar-refractivity contribution in [3.05, 3.63) is 64.7 Å². The summed E-state index contributed by atoms with van der Waals surface area (Å²) in [6.07, 6.45) is 0. The standard InChI is InChI=1S/C26H32N4O3/c1-17(2)25(31)29-15-14-28(16-18(29)3)19(4)24-27-21-11-7-6-10-20(21)26(32)30(24)22-12-8-9-13-23(22)33-5/h6-13,17-19H,14-16H2,1-5H3. The third-order valence-electron chi connectivity index (χ3n) is 6.49. The van der Waals surface area contributed by atoms with Crippen molar-refractivity contribution in [3.63, 3.8) is 0 Å². The van der Waals surface area contributed by atoms with Crippen LogP contribution < -0.4 is 10.3 Å². The van der Waals surface area contributed by atoms with Gasteiger partial charge in [-0.2, -0.15) is 0 Å². The van der Waals surface area contributed by atoms with Gasteiger partial charge in [-0.3, -0.25) is 19.1 Å². The molecule has 174 valence electrons. The van der Waals surface area contributed by atoms with Crippen molar-refractivity contribution in [1.29, 1.82) is 0 Å². The van der Waals surface area contributed by atoms with E-state index in [2.05, 4.69) is 18.7 Å². The summed E-state index contributed by atoms with van der Waals surface area (Å²) in [5.41, 5.74) is 1.23. The van der Waals surface area contributed by atoms with Crippen LogP contribution in [0.5, 0.6) is 5.75 Å². The third kappa shape index (κ3) is 4.25. The normalized spacial score (nSPS) is 18.0. The molecule has 0 bridgehead atoms. The minimum atomic E-state index is -0.133. The maximum Gasteiger partial charge on any atom is 0.266 e. The highest BCUT2D eigenvalue weighted by Gasteiger charge is 2.33. The Kier molecular flexibility index (Phi) is 6.51. The smallest absolute Gasteiger partial charge is 0.266 e. The van der Waals surface area contributed by atoms with Gasteiger partial charge in [-0.1, -0.05) is 38.1 Å². The Hall–Kier alpha value is -3.19. The molecule has 0 N–H and O–H groups in total. The molecule has 7 nitrogen and oxygen atoms in total. The maximum atomic E-state index is 13.7. The van der Waals surface area contributed by atoms with Gasteiger partial charge in [0.05, 0.1) is 29.7 Å². The lowest BCUT2D eigenvalue weighted by atomic mass is 10.1. The number of benzene rings is 2. The second kappa shape index (κ2) is 9.35. The van der Waals surface area contributed by atoms with Gasteiger partial charge in [0.1, 0.15) is 11.6 Å². The molecule has 1 amide bonds. The van der Waals surface area contributed by atoms with Crippen molar-refractivity contribution in [2.75, 3.05) is 26.7 Å². The number of hydrogen-bond acceptors (Lipinski definition) is 5. The first kappa shape index (κ1) is 23.0. The Bertz CT molecular complexity index is 1220. The summed E-state index contributed by atoms with van der Waals surface area (Å²) < 4.78 is 7.26. The molecule has 0 aliphatic carbocycles. The van der Waals surface area contributed by atoms with Crippen molar-refractivity contribution in [2.24, 2.45) is 5.92 Å². The monoisotopic (exact) mass is 448 g/mol.